The number of sulfonamides is 1. The Bertz CT molecular complexity index is 959. The lowest BCUT2D eigenvalue weighted by Gasteiger charge is -2.34. The fourth-order valence-corrected chi connectivity index (χ4v) is 4.85. The normalized spacial score (nSPS) is 13.0. The van der Waals surface area contributed by atoms with Gasteiger partial charge < -0.3 is 5.32 Å². The molecule has 2 aromatic rings. The molecule has 0 aliphatic carbocycles. The summed E-state index contributed by atoms with van der Waals surface area (Å²) in [4.78, 5) is 13.2. The molecule has 5 nitrogen and oxygen atoms in total. The van der Waals surface area contributed by atoms with Crippen LogP contribution in [0, 0.1) is 6.92 Å². The Labute approximate surface area is 179 Å². The van der Waals surface area contributed by atoms with Crippen LogP contribution in [0.15, 0.2) is 48.5 Å². The molecule has 0 aromatic heterocycles. The van der Waals surface area contributed by atoms with E-state index in [1.165, 1.54) is 4.31 Å². The molecule has 0 saturated heterocycles. The van der Waals surface area contributed by atoms with E-state index in [1.54, 1.807) is 32.0 Å². The highest BCUT2D eigenvalue weighted by molar-refractivity contribution is 7.92. The van der Waals surface area contributed by atoms with Gasteiger partial charge in [0.2, 0.25) is 15.9 Å². The maximum Gasteiger partial charge on any atom is 0.244 e. The van der Waals surface area contributed by atoms with Gasteiger partial charge in [0.1, 0.15) is 6.04 Å². The second kappa shape index (κ2) is 9.18. The van der Waals surface area contributed by atoms with Crippen molar-refractivity contribution in [3.05, 3.63) is 64.7 Å². The van der Waals surface area contributed by atoms with Crippen molar-refractivity contribution in [1.29, 1.82) is 0 Å². The Morgan fingerprint density at radius 1 is 1.17 bits per heavy atom. The van der Waals surface area contributed by atoms with E-state index in [0.717, 1.165) is 17.4 Å². The van der Waals surface area contributed by atoms with Crippen LogP contribution in [0.5, 0.6) is 0 Å². The minimum atomic E-state index is -3.71. The molecule has 1 amide bonds. The third kappa shape index (κ3) is 6.21. The lowest BCUT2D eigenvalue weighted by atomic mass is 9.94. The van der Waals surface area contributed by atoms with Crippen molar-refractivity contribution in [2.75, 3.05) is 10.6 Å². The summed E-state index contributed by atoms with van der Waals surface area (Å²) in [5, 5.41) is 3.45. The molecule has 29 heavy (non-hydrogen) atoms. The summed E-state index contributed by atoms with van der Waals surface area (Å²) in [6, 6.07) is 14.0. The third-order valence-corrected chi connectivity index (χ3v) is 6.09. The molecule has 0 unspecified atom stereocenters. The molecule has 0 spiro atoms. The summed E-state index contributed by atoms with van der Waals surface area (Å²) in [5.41, 5.74) is 1.70. The van der Waals surface area contributed by atoms with E-state index in [9.17, 15) is 13.2 Å². The first-order chi connectivity index (χ1) is 13.4. The number of benzene rings is 2. The number of hydrogen-bond acceptors (Lipinski definition) is 3. The highest BCUT2D eigenvalue weighted by Crippen LogP contribution is 2.29. The second-order valence-corrected chi connectivity index (χ2v) is 10.2. The minimum Gasteiger partial charge on any atom is -0.349 e. The summed E-state index contributed by atoms with van der Waals surface area (Å²) in [6.07, 6.45) is 2.07. The van der Waals surface area contributed by atoms with Crippen LogP contribution in [0.3, 0.4) is 0 Å². The van der Waals surface area contributed by atoms with Gasteiger partial charge in [-0.15, -0.1) is 0 Å². The molecule has 7 heteroatoms. The maximum absolute atomic E-state index is 13.2. The average molecular weight is 437 g/mol. The summed E-state index contributed by atoms with van der Waals surface area (Å²) in [6.45, 7) is 7.46. The molecule has 0 saturated carbocycles. The Kier molecular flexibility index (Phi) is 7.35. The predicted octanol–water partition coefficient (Wildman–Crippen LogP) is 4.33. The van der Waals surface area contributed by atoms with Crippen LogP contribution >= 0.6 is 11.6 Å². The van der Waals surface area contributed by atoms with Crippen LogP contribution in [0.25, 0.3) is 0 Å². The number of amides is 1. The lowest BCUT2D eigenvalue weighted by molar-refractivity contribution is -0.123. The van der Waals surface area contributed by atoms with Crippen molar-refractivity contribution >= 4 is 33.2 Å². The quantitative estimate of drug-likeness (QED) is 0.669. The summed E-state index contributed by atoms with van der Waals surface area (Å²) < 4.78 is 26.5. The number of nitrogens with one attached hydrogen (secondary N) is 1. The number of anilines is 1. The molecule has 0 aliphatic rings. The topological polar surface area (TPSA) is 66.5 Å². The van der Waals surface area contributed by atoms with Crippen LogP contribution in [0.2, 0.25) is 5.02 Å². The smallest absolute Gasteiger partial charge is 0.244 e. The monoisotopic (exact) mass is 436 g/mol. The standard InChI is InChI=1S/C22H29ClN2O3S/c1-6-19(21(26)24-22(3,4)15-17-10-8-7-9-11-17)25(29(5,27)28)20-14-18(23)13-12-16(20)2/h7-14,19H,6,15H2,1-5H3,(H,24,26)/t19-/m1/s1. The zero-order valence-corrected chi connectivity index (χ0v) is 19.1. The van der Waals surface area contributed by atoms with E-state index in [1.807, 2.05) is 44.2 Å². The van der Waals surface area contributed by atoms with Crippen molar-refractivity contribution in [2.45, 2.75) is 52.1 Å². The first kappa shape index (κ1) is 23.2. The lowest BCUT2D eigenvalue weighted by Crippen LogP contribution is -2.55. The van der Waals surface area contributed by atoms with Gasteiger partial charge in [0.05, 0.1) is 11.9 Å². The van der Waals surface area contributed by atoms with Crippen LogP contribution in [-0.4, -0.2) is 32.2 Å². The zero-order valence-electron chi connectivity index (χ0n) is 17.6. The summed E-state index contributed by atoms with van der Waals surface area (Å²) >= 11 is 6.11. The first-order valence-electron chi connectivity index (χ1n) is 9.56. The van der Waals surface area contributed by atoms with Gasteiger partial charge in [0.25, 0.3) is 0 Å². The number of rotatable bonds is 8. The summed E-state index contributed by atoms with van der Waals surface area (Å²) in [5.74, 6) is -0.335. The number of halogens is 1. The predicted molar refractivity (Wildman–Crippen MR) is 120 cm³/mol. The molecule has 0 bridgehead atoms. The summed E-state index contributed by atoms with van der Waals surface area (Å²) in [7, 11) is -3.71. The van der Waals surface area contributed by atoms with Crippen molar-refractivity contribution in [2.24, 2.45) is 0 Å². The first-order valence-corrected chi connectivity index (χ1v) is 11.8. The second-order valence-electron chi connectivity index (χ2n) is 7.95. The van der Waals surface area contributed by atoms with Gasteiger partial charge in [-0.25, -0.2) is 8.42 Å². The maximum atomic E-state index is 13.2. The zero-order chi connectivity index (χ0) is 21.8. The van der Waals surface area contributed by atoms with E-state index >= 15 is 0 Å². The average Bonchev–Trinajstić information content (AvgIpc) is 2.60. The molecule has 2 rings (SSSR count). The fourth-order valence-electron chi connectivity index (χ4n) is 3.42. The molecule has 0 aliphatic heterocycles. The van der Waals surface area contributed by atoms with Crippen LogP contribution < -0.4 is 9.62 Å². The Morgan fingerprint density at radius 3 is 2.34 bits per heavy atom. The van der Waals surface area contributed by atoms with Crippen LogP contribution in [0.1, 0.15) is 38.3 Å². The van der Waals surface area contributed by atoms with Crippen molar-refractivity contribution in [1.82, 2.24) is 5.32 Å². The number of nitrogens with zero attached hydrogens (tertiary/aromatic N) is 1. The van der Waals surface area contributed by atoms with Crippen molar-refractivity contribution < 1.29 is 13.2 Å². The van der Waals surface area contributed by atoms with Gasteiger partial charge in [-0.1, -0.05) is 54.9 Å². The molecule has 1 N–H and O–H groups in total. The highest BCUT2D eigenvalue weighted by Gasteiger charge is 2.34. The van der Waals surface area contributed by atoms with Gasteiger partial charge in [-0.2, -0.15) is 0 Å². The van der Waals surface area contributed by atoms with Crippen LogP contribution in [-0.2, 0) is 21.2 Å². The van der Waals surface area contributed by atoms with E-state index < -0.39 is 21.6 Å². The van der Waals surface area contributed by atoms with Gasteiger partial charge in [-0.3, -0.25) is 9.10 Å². The molecular formula is C22H29ClN2O3S. The van der Waals surface area contributed by atoms with Gasteiger partial charge >= 0.3 is 0 Å². The van der Waals surface area contributed by atoms with Gasteiger partial charge in [-0.05, 0) is 56.9 Å². The Morgan fingerprint density at radius 2 is 1.79 bits per heavy atom. The van der Waals surface area contributed by atoms with Crippen molar-refractivity contribution in [3.63, 3.8) is 0 Å². The molecule has 0 fully saturated rings. The number of carbonyl (C=O) groups excluding carboxylic acids is 1. The number of aryl methyl sites for hydroxylation is 1. The van der Waals surface area contributed by atoms with Crippen LogP contribution in [0.4, 0.5) is 5.69 Å². The number of hydrogen-bond donors (Lipinski definition) is 1. The third-order valence-electron chi connectivity index (χ3n) is 4.69. The van der Waals surface area contributed by atoms with Gasteiger partial charge in [0.15, 0.2) is 0 Å². The highest BCUT2D eigenvalue weighted by atomic mass is 35.5. The largest absolute Gasteiger partial charge is 0.349 e. The van der Waals surface area contributed by atoms with Gasteiger partial charge in [0, 0.05) is 10.6 Å². The molecule has 0 heterocycles. The van der Waals surface area contributed by atoms with E-state index in [4.69, 9.17) is 11.6 Å². The molecule has 2 aromatic carbocycles. The van der Waals surface area contributed by atoms with E-state index in [2.05, 4.69) is 5.32 Å². The minimum absolute atomic E-state index is 0.326. The van der Waals surface area contributed by atoms with E-state index in [-0.39, 0.29) is 5.91 Å². The molecule has 158 valence electrons. The Balaban J connectivity index is 2.34. The number of carbonyl (C=O) groups is 1. The molecule has 1 atom stereocenters. The fraction of sp³-hybridized carbons (Fsp3) is 0.409. The SMILES string of the molecule is CC[C@H](C(=O)NC(C)(C)Cc1ccccc1)N(c1cc(Cl)ccc1C)S(C)(=O)=O. The van der Waals surface area contributed by atoms with E-state index in [0.29, 0.717) is 23.6 Å². The molecule has 0 radical (unpaired) electrons. The molecular weight excluding hydrogens is 408 g/mol. The van der Waals surface area contributed by atoms with Crippen molar-refractivity contribution in [3.8, 4) is 0 Å². The Hall–Kier alpha value is -2.05.